The SMILES string of the molecule is CC(C)(C)N1C(=O)CCC12CCC(=O)C2. The zero-order chi connectivity index (χ0) is 11.3. The van der Waals surface area contributed by atoms with Crippen molar-refractivity contribution in [2.75, 3.05) is 0 Å². The summed E-state index contributed by atoms with van der Waals surface area (Å²) in [4.78, 5) is 25.3. The number of rotatable bonds is 0. The fourth-order valence-electron chi connectivity index (χ4n) is 3.23. The molecule has 2 fully saturated rings. The van der Waals surface area contributed by atoms with Gasteiger partial charge >= 0.3 is 0 Å². The summed E-state index contributed by atoms with van der Waals surface area (Å²) in [6.45, 7) is 6.17. The molecule has 3 heteroatoms. The first-order valence-electron chi connectivity index (χ1n) is 5.70. The summed E-state index contributed by atoms with van der Waals surface area (Å²) in [7, 11) is 0. The summed E-state index contributed by atoms with van der Waals surface area (Å²) in [5, 5.41) is 0. The topological polar surface area (TPSA) is 37.4 Å². The van der Waals surface area contributed by atoms with Crippen LogP contribution in [0, 0.1) is 0 Å². The molecule has 3 nitrogen and oxygen atoms in total. The molecule has 2 rings (SSSR count). The minimum absolute atomic E-state index is 0.133. The third-order valence-electron chi connectivity index (χ3n) is 3.59. The fraction of sp³-hybridized carbons (Fsp3) is 0.833. The molecule has 2 aliphatic rings. The Hall–Kier alpha value is -0.860. The molecule has 0 aromatic heterocycles. The van der Waals surface area contributed by atoms with Crippen molar-refractivity contribution < 1.29 is 9.59 Å². The Morgan fingerprint density at radius 2 is 1.73 bits per heavy atom. The summed E-state index contributed by atoms with van der Waals surface area (Å²) < 4.78 is 0. The molecule has 84 valence electrons. The van der Waals surface area contributed by atoms with Crippen LogP contribution in [0.2, 0.25) is 0 Å². The van der Waals surface area contributed by atoms with Gasteiger partial charge in [0.05, 0.1) is 5.54 Å². The molecule has 0 N–H and O–H groups in total. The summed E-state index contributed by atoms with van der Waals surface area (Å²) in [6.07, 6.45) is 3.59. The van der Waals surface area contributed by atoms with E-state index in [-0.39, 0.29) is 17.0 Å². The van der Waals surface area contributed by atoms with Gasteiger partial charge in [-0.3, -0.25) is 9.59 Å². The standard InChI is InChI=1S/C12H19NO2/c1-11(2,3)13-10(15)5-7-12(13)6-4-9(14)8-12/h4-8H2,1-3H3. The Morgan fingerprint density at radius 1 is 1.13 bits per heavy atom. The van der Waals surface area contributed by atoms with Gasteiger partial charge in [-0.15, -0.1) is 0 Å². The van der Waals surface area contributed by atoms with Gasteiger partial charge in [0.2, 0.25) is 5.91 Å². The lowest BCUT2D eigenvalue weighted by Crippen LogP contribution is -2.54. The molecule has 0 aromatic carbocycles. The van der Waals surface area contributed by atoms with E-state index in [1.165, 1.54) is 0 Å². The van der Waals surface area contributed by atoms with Crippen molar-refractivity contribution in [2.24, 2.45) is 0 Å². The number of ketones is 1. The molecule has 0 bridgehead atoms. The van der Waals surface area contributed by atoms with Gasteiger partial charge in [0.1, 0.15) is 5.78 Å². The lowest BCUT2D eigenvalue weighted by atomic mass is 9.90. The van der Waals surface area contributed by atoms with Crippen molar-refractivity contribution in [1.29, 1.82) is 0 Å². The lowest BCUT2D eigenvalue weighted by molar-refractivity contribution is -0.137. The van der Waals surface area contributed by atoms with Crippen LogP contribution in [-0.2, 0) is 9.59 Å². The Labute approximate surface area is 90.8 Å². The third kappa shape index (κ3) is 1.58. The molecule has 1 aliphatic carbocycles. The Balaban J connectivity index is 2.33. The van der Waals surface area contributed by atoms with Crippen LogP contribution in [0.4, 0.5) is 0 Å². The van der Waals surface area contributed by atoms with Crippen molar-refractivity contribution in [1.82, 2.24) is 4.90 Å². The van der Waals surface area contributed by atoms with Crippen LogP contribution in [0.15, 0.2) is 0 Å². The maximum absolute atomic E-state index is 11.9. The average Bonchev–Trinajstić information content (AvgIpc) is 2.57. The van der Waals surface area contributed by atoms with Crippen molar-refractivity contribution >= 4 is 11.7 Å². The van der Waals surface area contributed by atoms with Crippen molar-refractivity contribution in [3.8, 4) is 0 Å². The Morgan fingerprint density at radius 3 is 2.20 bits per heavy atom. The zero-order valence-corrected chi connectivity index (χ0v) is 9.80. The molecule has 1 atom stereocenters. The molecule has 1 heterocycles. The number of carbonyl (C=O) groups is 2. The van der Waals surface area contributed by atoms with Gasteiger partial charge in [-0.2, -0.15) is 0 Å². The first kappa shape index (κ1) is 10.7. The van der Waals surface area contributed by atoms with Crippen LogP contribution in [0.1, 0.15) is 52.9 Å². The van der Waals surface area contributed by atoms with E-state index in [0.29, 0.717) is 25.0 Å². The molecule has 1 spiro atoms. The number of amides is 1. The molecule has 1 saturated carbocycles. The normalized spacial score (nSPS) is 32.1. The average molecular weight is 209 g/mol. The summed E-state index contributed by atoms with van der Waals surface area (Å²) >= 11 is 0. The molecule has 0 aromatic rings. The molecule has 15 heavy (non-hydrogen) atoms. The van der Waals surface area contributed by atoms with Crippen molar-refractivity contribution in [3.05, 3.63) is 0 Å². The summed E-state index contributed by atoms with van der Waals surface area (Å²) in [6, 6.07) is 0. The predicted molar refractivity (Wildman–Crippen MR) is 57.4 cm³/mol. The van der Waals surface area contributed by atoms with Crippen LogP contribution in [-0.4, -0.2) is 27.7 Å². The van der Waals surface area contributed by atoms with E-state index in [9.17, 15) is 9.59 Å². The highest BCUT2D eigenvalue weighted by atomic mass is 16.2. The number of nitrogens with zero attached hydrogens (tertiary/aromatic N) is 1. The third-order valence-corrected chi connectivity index (χ3v) is 3.59. The largest absolute Gasteiger partial charge is 0.332 e. The number of hydrogen-bond donors (Lipinski definition) is 0. The van der Waals surface area contributed by atoms with Crippen molar-refractivity contribution in [3.63, 3.8) is 0 Å². The van der Waals surface area contributed by atoms with Gasteiger partial charge in [-0.1, -0.05) is 0 Å². The van der Waals surface area contributed by atoms with Crippen LogP contribution in [0.5, 0.6) is 0 Å². The second-order valence-electron chi connectivity index (χ2n) is 5.84. The molecule has 0 radical (unpaired) electrons. The van der Waals surface area contributed by atoms with Crippen molar-refractivity contribution in [2.45, 2.75) is 64.0 Å². The molecule has 1 saturated heterocycles. The van der Waals surface area contributed by atoms with Gasteiger partial charge in [-0.05, 0) is 33.6 Å². The minimum Gasteiger partial charge on any atom is -0.332 e. The van der Waals surface area contributed by atoms with Gasteiger partial charge in [0.25, 0.3) is 0 Å². The number of hydrogen-bond acceptors (Lipinski definition) is 2. The monoisotopic (exact) mass is 209 g/mol. The van der Waals surface area contributed by atoms with E-state index in [0.717, 1.165) is 12.8 Å². The fourth-order valence-corrected chi connectivity index (χ4v) is 3.23. The molecule has 1 amide bonds. The van der Waals surface area contributed by atoms with E-state index < -0.39 is 0 Å². The van der Waals surface area contributed by atoms with Gasteiger partial charge in [-0.25, -0.2) is 0 Å². The molecule has 1 aliphatic heterocycles. The predicted octanol–water partition coefficient (Wildman–Crippen LogP) is 1.90. The van der Waals surface area contributed by atoms with E-state index in [4.69, 9.17) is 0 Å². The molecule has 1 unspecified atom stereocenters. The van der Waals surface area contributed by atoms with Gasteiger partial charge in [0, 0.05) is 24.8 Å². The summed E-state index contributed by atoms with van der Waals surface area (Å²) in [5.74, 6) is 0.538. The quantitative estimate of drug-likeness (QED) is 0.611. The first-order valence-corrected chi connectivity index (χ1v) is 5.70. The van der Waals surface area contributed by atoms with Gasteiger partial charge < -0.3 is 4.90 Å². The molecular weight excluding hydrogens is 190 g/mol. The maximum Gasteiger partial charge on any atom is 0.223 e. The highest BCUT2D eigenvalue weighted by Crippen LogP contribution is 2.45. The zero-order valence-electron chi connectivity index (χ0n) is 9.80. The minimum atomic E-state index is -0.155. The van der Waals surface area contributed by atoms with E-state index in [1.54, 1.807) is 0 Å². The molecular formula is C12H19NO2. The smallest absolute Gasteiger partial charge is 0.223 e. The van der Waals surface area contributed by atoms with E-state index >= 15 is 0 Å². The highest BCUT2D eigenvalue weighted by molar-refractivity contribution is 5.87. The van der Waals surface area contributed by atoms with E-state index in [1.807, 2.05) is 4.90 Å². The second kappa shape index (κ2) is 3.06. The van der Waals surface area contributed by atoms with E-state index in [2.05, 4.69) is 20.8 Å². The Bertz CT molecular complexity index is 312. The number of likely N-dealkylation sites (tertiary alicyclic amines) is 1. The van der Waals surface area contributed by atoms with Gasteiger partial charge in [0.15, 0.2) is 0 Å². The maximum atomic E-state index is 11.9. The van der Waals surface area contributed by atoms with Crippen LogP contribution in [0.25, 0.3) is 0 Å². The highest BCUT2D eigenvalue weighted by Gasteiger charge is 2.52. The number of carbonyl (C=O) groups excluding carboxylic acids is 2. The summed E-state index contributed by atoms with van der Waals surface area (Å²) in [5.41, 5.74) is -0.287. The first-order chi connectivity index (χ1) is 6.85. The Kier molecular flexibility index (Phi) is 2.18. The lowest BCUT2D eigenvalue weighted by Gasteiger charge is -2.44. The second-order valence-corrected chi connectivity index (χ2v) is 5.84. The van der Waals surface area contributed by atoms with Crippen LogP contribution in [0.3, 0.4) is 0 Å². The van der Waals surface area contributed by atoms with Crippen LogP contribution >= 0.6 is 0 Å². The number of Topliss-reactive ketones (excluding diaryl/α,β-unsaturated/α-hetero) is 1. The van der Waals surface area contributed by atoms with Crippen LogP contribution < -0.4 is 0 Å².